The molecule has 0 saturated heterocycles. The van der Waals surface area contributed by atoms with Crippen LogP contribution in [0.3, 0.4) is 0 Å². The first-order valence-electron chi connectivity index (χ1n) is 25.5. The van der Waals surface area contributed by atoms with Crippen LogP contribution < -0.4 is 0 Å². The van der Waals surface area contributed by atoms with E-state index < -0.39 is 6.10 Å². The zero-order valence-electron chi connectivity index (χ0n) is 39.1. The molecule has 5 heteroatoms. The topological polar surface area (TPSA) is 61.8 Å². The molecule has 1 atom stereocenters. The molecule has 0 amide bonds. The van der Waals surface area contributed by atoms with E-state index in [1.807, 2.05) is 0 Å². The fourth-order valence-electron chi connectivity index (χ4n) is 7.38. The van der Waals surface area contributed by atoms with Gasteiger partial charge in [0.2, 0.25) is 0 Å². The van der Waals surface area contributed by atoms with Gasteiger partial charge in [-0.1, -0.05) is 237 Å². The molecule has 0 aliphatic heterocycles. The summed E-state index contributed by atoms with van der Waals surface area (Å²) in [4.78, 5) is 25.1. The lowest BCUT2D eigenvalue weighted by molar-refractivity contribution is -0.155. The van der Waals surface area contributed by atoms with Crippen molar-refractivity contribution >= 4 is 11.9 Å². The second-order valence-electron chi connectivity index (χ2n) is 17.0. The number of carbonyl (C=O) groups is 2. The average Bonchev–Trinajstić information content (AvgIpc) is 3.23. The highest BCUT2D eigenvalue weighted by Crippen LogP contribution is 2.16. The maximum atomic E-state index is 12.6. The maximum Gasteiger partial charge on any atom is 0.305 e. The second-order valence-corrected chi connectivity index (χ2v) is 17.0. The minimum absolute atomic E-state index is 0.153. The standard InChI is InChI=1S/C53H98O5/c1-4-7-10-13-16-19-22-24-26-28-30-33-36-39-42-45-48-56-51(49-57-52(54)46-43-40-37-34-31-21-18-15-12-9-6-3)50-58-53(55)47-44-41-38-35-32-29-27-25-23-20-17-14-11-8-5-2/h8,11,17,20,25,27,51H,4-7,9-10,12-16,18-19,21-24,26,28-50H2,1-3H3/b11-8-,20-17-,27-25-/t51-/m0/s1. The molecule has 5 nitrogen and oxygen atoms in total. The van der Waals surface area contributed by atoms with Gasteiger partial charge in [0.1, 0.15) is 19.3 Å². The van der Waals surface area contributed by atoms with E-state index in [-0.39, 0.29) is 25.2 Å². The van der Waals surface area contributed by atoms with Crippen LogP contribution in [0.1, 0.15) is 265 Å². The molecule has 0 bridgehead atoms. The van der Waals surface area contributed by atoms with Gasteiger partial charge < -0.3 is 14.2 Å². The lowest BCUT2D eigenvalue weighted by atomic mass is 10.0. The Balaban J connectivity index is 4.23. The monoisotopic (exact) mass is 815 g/mol. The highest BCUT2D eigenvalue weighted by molar-refractivity contribution is 5.69. The van der Waals surface area contributed by atoms with Gasteiger partial charge in [-0.05, 0) is 51.4 Å². The third kappa shape index (κ3) is 46.8. The molecule has 0 aliphatic carbocycles. The van der Waals surface area contributed by atoms with Crippen molar-refractivity contribution < 1.29 is 23.8 Å². The van der Waals surface area contributed by atoms with Crippen LogP contribution in [0.25, 0.3) is 0 Å². The molecule has 0 spiro atoms. The molecule has 0 aromatic heterocycles. The summed E-state index contributed by atoms with van der Waals surface area (Å²) in [5, 5.41) is 0. The van der Waals surface area contributed by atoms with E-state index in [0.29, 0.717) is 19.4 Å². The lowest BCUT2D eigenvalue weighted by Gasteiger charge is -2.18. The average molecular weight is 815 g/mol. The maximum absolute atomic E-state index is 12.6. The van der Waals surface area contributed by atoms with Gasteiger partial charge in [0.25, 0.3) is 0 Å². The first-order valence-corrected chi connectivity index (χ1v) is 25.5. The van der Waals surface area contributed by atoms with Crippen molar-refractivity contribution in [1.82, 2.24) is 0 Å². The largest absolute Gasteiger partial charge is 0.463 e. The van der Waals surface area contributed by atoms with Crippen molar-refractivity contribution in [2.75, 3.05) is 19.8 Å². The first kappa shape index (κ1) is 56.1. The second kappa shape index (κ2) is 49.5. The molecule has 0 rings (SSSR count). The summed E-state index contributed by atoms with van der Waals surface area (Å²) in [6.07, 6.45) is 58.8. The molecule has 0 aromatic rings. The van der Waals surface area contributed by atoms with Crippen molar-refractivity contribution in [2.24, 2.45) is 0 Å². The summed E-state index contributed by atoms with van der Waals surface area (Å²) in [7, 11) is 0. The van der Waals surface area contributed by atoms with Crippen LogP contribution in [0.2, 0.25) is 0 Å². The molecule has 0 N–H and O–H groups in total. The SMILES string of the molecule is CC/C=C\C/C=C\C/C=C\CCCCCCCC(=O)OC[C@H](COC(=O)CCCCCCCCCCCCC)OCCCCCCCCCCCCCCCCCC. The Hall–Kier alpha value is -1.88. The Morgan fingerprint density at radius 1 is 0.379 bits per heavy atom. The van der Waals surface area contributed by atoms with E-state index in [2.05, 4.69) is 57.2 Å². The molecule has 0 aliphatic rings. The highest BCUT2D eigenvalue weighted by Gasteiger charge is 2.16. The fraction of sp³-hybridized carbons (Fsp3) is 0.849. The van der Waals surface area contributed by atoms with E-state index in [0.717, 1.165) is 70.6 Å². The van der Waals surface area contributed by atoms with Crippen LogP contribution in [0, 0.1) is 0 Å². The third-order valence-corrected chi connectivity index (χ3v) is 11.2. The molecule has 340 valence electrons. The Morgan fingerprint density at radius 3 is 1.10 bits per heavy atom. The number of hydrogen-bond acceptors (Lipinski definition) is 5. The molecule has 0 radical (unpaired) electrons. The Morgan fingerprint density at radius 2 is 0.707 bits per heavy atom. The molecule has 0 saturated carbocycles. The number of carbonyl (C=O) groups excluding carboxylic acids is 2. The Labute approximate surface area is 361 Å². The highest BCUT2D eigenvalue weighted by atomic mass is 16.6. The number of hydrogen-bond donors (Lipinski definition) is 0. The smallest absolute Gasteiger partial charge is 0.305 e. The fourth-order valence-corrected chi connectivity index (χ4v) is 7.38. The summed E-state index contributed by atoms with van der Waals surface area (Å²) < 4.78 is 17.4. The first-order chi connectivity index (χ1) is 28.6. The zero-order valence-corrected chi connectivity index (χ0v) is 39.1. The van der Waals surface area contributed by atoms with Crippen LogP contribution in [0.4, 0.5) is 0 Å². The van der Waals surface area contributed by atoms with E-state index in [9.17, 15) is 9.59 Å². The van der Waals surface area contributed by atoms with E-state index in [1.54, 1.807) is 0 Å². The minimum Gasteiger partial charge on any atom is -0.463 e. The predicted molar refractivity (Wildman–Crippen MR) is 252 cm³/mol. The number of rotatable bonds is 47. The quantitative estimate of drug-likeness (QED) is 0.0348. The van der Waals surface area contributed by atoms with Gasteiger partial charge in [-0.25, -0.2) is 0 Å². The summed E-state index contributed by atoms with van der Waals surface area (Å²) in [6, 6.07) is 0. The van der Waals surface area contributed by atoms with Crippen molar-refractivity contribution in [3.8, 4) is 0 Å². The van der Waals surface area contributed by atoms with E-state index in [1.165, 1.54) is 161 Å². The summed E-state index contributed by atoms with van der Waals surface area (Å²) in [5.41, 5.74) is 0. The molecule has 0 unspecified atom stereocenters. The van der Waals surface area contributed by atoms with Crippen LogP contribution in [0.5, 0.6) is 0 Å². The molecule has 58 heavy (non-hydrogen) atoms. The van der Waals surface area contributed by atoms with Crippen LogP contribution >= 0.6 is 0 Å². The lowest BCUT2D eigenvalue weighted by Crippen LogP contribution is -2.29. The van der Waals surface area contributed by atoms with Gasteiger partial charge in [0.05, 0.1) is 0 Å². The molecule has 0 aromatic carbocycles. The molecule has 0 heterocycles. The van der Waals surface area contributed by atoms with Gasteiger partial charge in [-0.2, -0.15) is 0 Å². The van der Waals surface area contributed by atoms with Gasteiger partial charge in [-0.3, -0.25) is 9.59 Å². The Bertz CT molecular complexity index is 924. The van der Waals surface area contributed by atoms with E-state index in [4.69, 9.17) is 14.2 Å². The van der Waals surface area contributed by atoms with Crippen molar-refractivity contribution in [1.29, 1.82) is 0 Å². The van der Waals surface area contributed by atoms with Crippen LogP contribution in [-0.2, 0) is 23.8 Å². The number of allylic oxidation sites excluding steroid dienone is 6. The van der Waals surface area contributed by atoms with Crippen LogP contribution in [-0.4, -0.2) is 37.9 Å². The van der Waals surface area contributed by atoms with Gasteiger partial charge >= 0.3 is 11.9 Å². The van der Waals surface area contributed by atoms with Crippen molar-refractivity contribution in [3.05, 3.63) is 36.5 Å². The van der Waals surface area contributed by atoms with E-state index >= 15 is 0 Å². The number of ether oxygens (including phenoxy) is 3. The van der Waals surface area contributed by atoms with Crippen molar-refractivity contribution in [3.63, 3.8) is 0 Å². The zero-order chi connectivity index (χ0) is 42.1. The van der Waals surface area contributed by atoms with Gasteiger partial charge in [0.15, 0.2) is 0 Å². The minimum atomic E-state index is -0.400. The van der Waals surface area contributed by atoms with Crippen LogP contribution in [0.15, 0.2) is 36.5 Å². The number of esters is 2. The Kier molecular flexibility index (Phi) is 47.9. The molecule has 0 fully saturated rings. The summed E-state index contributed by atoms with van der Waals surface area (Å²) >= 11 is 0. The number of unbranched alkanes of at least 4 members (excludes halogenated alkanes) is 30. The third-order valence-electron chi connectivity index (χ3n) is 11.2. The molecular weight excluding hydrogens is 717 g/mol. The molecular formula is C53H98O5. The van der Waals surface area contributed by atoms with Gasteiger partial charge in [0, 0.05) is 19.4 Å². The normalized spacial score (nSPS) is 12.4. The van der Waals surface area contributed by atoms with Crippen molar-refractivity contribution in [2.45, 2.75) is 271 Å². The van der Waals surface area contributed by atoms with Gasteiger partial charge in [-0.15, -0.1) is 0 Å². The summed E-state index contributed by atoms with van der Waals surface area (Å²) in [6.45, 7) is 7.63. The predicted octanol–water partition coefficient (Wildman–Crippen LogP) is 17.0. The summed E-state index contributed by atoms with van der Waals surface area (Å²) in [5.74, 6) is -0.342.